The van der Waals surface area contributed by atoms with Gasteiger partial charge in [-0.1, -0.05) is 54.9 Å². The molecule has 0 amide bonds. The lowest BCUT2D eigenvalue weighted by Gasteiger charge is -2.37. The van der Waals surface area contributed by atoms with Gasteiger partial charge in [0.15, 0.2) is 8.32 Å². The number of benzene rings is 1. The maximum Gasteiger partial charge on any atom is 0.303 e. The number of halogens is 1. The molecule has 0 spiro atoms. The number of carbonyl (C=O) groups is 1. The highest BCUT2D eigenvalue weighted by Gasteiger charge is 2.38. The zero-order valence-corrected chi connectivity index (χ0v) is 20.0. The molecule has 152 valence electrons. The second-order valence-corrected chi connectivity index (χ2v) is 14.0. The van der Waals surface area contributed by atoms with Crippen molar-refractivity contribution in [3.63, 3.8) is 0 Å². The topological polar surface area (TPSA) is 44.8 Å². The number of hydrogen-bond acceptors (Lipinski definition) is 4. The van der Waals surface area contributed by atoms with Crippen molar-refractivity contribution in [2.45, 2.75) is 58.5 Å². The van der Waals surface area contributed by atoms with E-state index in [1.165, 1.54) is 6.92 Å². The van der Waals surface area contributed by atoms with E-state index in [4.69, 9.17) is 13.9 Å². The molecule has 0 saturated carbocycles. The van der Waals surface area contributed by atoms with Gasteiger partial charge in [-0.2, -0.15) is 0 Å². The Bertz CT molecular complexity index is 608. The van der Waals surface area contributed by atoms with Crippen LogP contribution in [0, 0.1) is 5.92 Å². The molecule has 1 rings (SSSR count). The second kappa shape index (κ2) is 10.6. The average molecular weight is 457 g/mol. The highest BCUT2D eigenvalue weighted by atomic mass is 79.9. The summed E-state index contributed by atoms with van der Waals surface area (Å²) < 4.78 is 18.7. The standard InChI is InChI=1S/C21H33BrO4Si/c1-8-18(14-25-27(6,7)21(3,4)5)20(26-16(2)23)15-24-13-17-9-11-19(22)12-10-17/h8-12,18,20H,1,13-15H2,2-7H3/t18-,20-/m0/s1. The van der Waals surface area contributed by atoms with Crippen LogP contribution in [0.15, 0.2) is 41.4 Å². The number of ether oxygens (including phenoxy) is 2. The van der Waals surface area contributed by atoms with Crippen LogP contribution in [0.25, 0.3) is 0 Å². The van der Waals surface area contributed by atoms with Crippen molar-refractivity contribution in [2.24, 2.45) is 5.92 Å². The van der Waals surface area contributed by atoms with Gasteiger partial charge in [-0.15, -0.1) is 6.58 Å². The Kier molecular flexibility index (Phi) is 9.41. The molecule has 0 bridgehead atoms. The van der Waals surface area contributed by atoms with Gasteiger partial charge in [0.25, 0.3) is 0 Å². The Morgan fingerprint density at radius 2 is 1.81 bits per heavy atom. The summed E-state index contributed by atoms with van der Waals surface area (Å²) >= 11 is 3.42. The lowest BCUT2D eigenvalue weighted by molar-refractivity contribution is -0.152. The fourth-order valence-corrected chi connectivity index (χ4v) is 3.49. The van der Waals surface area contributed by atoms with Crippen LogP contribution in [0.4, 0.5) is 0 Å². The molecule has 27 heavy (non-hydrogen) atoms. The van der Waals surface area contributed by atoms with Crippen molar-refractivity contribution in [3.05, 3.63) is 47.0 Å². The van der Waals surface area contributed by atoms with E-state index in [9.17, 15) is 4.79 Å². The van der Waals surface area contributed by atoms with Crippen LogP contribution in [-0.2, 0) is 25.3 Å². The van der Waals surface area contributed by atoms with Crippen molar-refractivity contribution < 1.29 is 18.7 Å². The Morgan fingerprint density at radius 3 is 2.30 bits per heavy atom. The van der Waals surface area contributed by atoms with Gasteiger partial charge in [-0.05, 0) is 35.8 Å². The van der Waals surface area contributed by atoms with Crippen LogP contribution in [0.5, 0.6) is 0 Å². The Morgan fingerprint density at radius 1 is 1.22 bits per heavy atom. The molecule has 0 aliphatic carbocycles. The van der Waals surface area contributed by atoms with Crippen molar-refractivity contribution in [3.8, 4) is 0 Å². The molecule has 6 heteroatoms. The minimum absolute atomic E-state index is 0.118. The summed E-state index contributed by atoms with van der Waals surface area (Å²) in [4.78, 5) is 11.6. The van der Waals surface area contributed by atoms with Crippen LogP contribution >= 0.6 is 15.9 Å². The van der Waals surface area contributed by atoms with Crippen molar-refractivity contribution in [2.75, 3.05) is 13.2 Å². The highest BCUT2D eigenvalue weighted by molar-refractivity contribution is 9.10. The minimum Gasteiger partial charge on any atom is -0.459 e. The van der Waals surface area contributed by atoms with E-state index >= 15 is 0 Å². The molecule has 2 atom stereocenters. The molecule has 1 aromatic rings. The summed E-state index contributed by atoms with van der Waals surface area (Å²) in [5.74, 6) is -0.445. The number of carbonyl (C=O) groups excluding carboxylic acids is 1. The van der Waals surface area contributed by atoms with E-state index in [1.54, 1.807) is 6.08 Å². The highest BCUT2D eigenvalue weighted by Crippen LogP contribution is 2.37. The summed E-state index contributed by atoms with van der Waals surface area (Å²) in [6.07, 6.45) is 1.38. The molecule has 0 radical (unpaired) electrons. The predicted molar refractivity (Wildman–Crippen MR) is 116 cm³/mol. The van der Waals surface area contributed by atoms with Crippen molar-refractivity contribution >= 4 is 30.2 Å². The molecule has 4 nitrogen and oxygen atoms in total. The fraction of sp³-hybridized carbons (Fsp3) is 0.571. The fourth-order valence-electron chi connectivity index (χ4n) is 2.18. The normalized spacial score (nSPS) is 14.5. The van der Waals surface area contributed by atoms with Gasteiger partial charge in [0, 0.05) is 23.9 Å². The molecular formula is C21H33BrO4Si. The summed E-state index contributed by atoms with van der Waals surface area (Å²) in [5, 5.41) is 0.119. The largest absolute Gasteiger partial charge is 0.459 e. The average Bonchev–Trinajstić information content (AvgIpc) is 2.55. The van der Waals surface area contributed by atoms with E-state index < -0.39 is 14.4 Å². The van der Waals surface area contributed by atoms with Gasteiger partial charge >= 0.3 is 5.97 Å². The number of hydrogen-bond donors (Lipinski definition) is 0. The third-order valence-corrected chi connectivity index (χ3v) is 10.0. The summed E-state index contributed by atoms with van der Waals surface area (Å²) in [7, 11) is -1.89. The monoisotopic (exact) mass is 456 g/mol. The SMILES string of the molecule is C=C[C@@H](CO[Si](C)(C)C(C)(C)C)[C@H](COCc1ccc(Br)cc1)OC(C)=O. The van der Waals surface area contributed by atoms with E-state index in [-0.39, 0.29) is 16.9 Å². The van der Waals surface area contributed by atoms with E-state index in [0.29, 0.717) is 19.8 Å². The second-order valence-electron chi connectivity index (χ2n) is 8.26. The molecule has 0 unspecified atom stereocenters. The number of rotatable bonds is 10. The minimum atomic E-state index is -1.89. The zero-order valence-electron chi connectivity index (χ0n) is 17.4. The van der Waals surface area contributed by atoms with Gasteiger partial charge in [-0.25, -0.2) is 0 Å². The lowest BCUT2D eigenvalue weighted by Crippen LogP contribution is -2.43. The van der Waals surface area contributed by atoms with Crippen molar-refractivity contribution in [1.82, 2.24) is 0 Å². The lowest BCUT2D eigenvalue weighted by atomic mass is 10.0. The van der Waals surface area contributed by atoms with Crippen LogP contribution < -0.4 is 0 Å². The molecule has 0 aliphatic rings. The Balaban J connectivity index is 2.69. The van der Waals surface area contributed by atoms with Crippen LogP contribution in [0.3, 0.4) is 0 Å². The van der Waals surface area contributed by atoms with Gasteiger partial charge in [-0.3, -0.25) is 4.79 Å². The molecule has 0 saturated heterocycles. The molecule has 0 heterocycles. The Hall–Kier alpha value is -0.953. The zero-order chi connectivity index (χ0) is 20.7. The first-order chi connectivity index (χ1) is 12.5. The molecule has 0 aromatic heterocycles. The molecule has 0 fully saturated rings. The van der Waals surface area contributed by atoms with Gasteiger partial charge in [0.1, 0.15) is 6.10 Å². The summed E-state index contributed by atoms with van der Waals surface area (Å²) in [5.41, 5.74) is 1.06. The first-order valence-electron chi connectivity index (χ1n) is 9.22. The van der Waals surface area contributed by atoms with Crippen LogP contribution in [-0.4, -0.2) is 33.6 Å². The quantitative estimate of drug-likeness (QED) is 0.256. The molecule has 1 aromatic carbocycles. The predicted octanol–water partition coefficient (Wildman–Crippen LogP) is 5.72. The Labute approximate surface area is 173 Å². The first kappa shape index (κ1) is 24.1. The van der Waals surface area contributed by atoms with Gasteiger partial charge in [0.2, 0.25) is 0 Å². The molecule has 0 aliphatic heterocycles. The third kappa shape index (κ3) is 8.30. The van der Waals surface area contributed by atoms with Gasteiger partial charge in [0.05, 0.1) is 13.2 Å². The third-order valence-electron chi connectivity index (χ3n) is 5.00. The van der Waals surface area contributed by atoms with E-state index in [1.807, 2.05) is 24.3 Å². The van der Waals surface area contributed by atoms with Crippen molar-refractivity contribution in [1.29, 1.82) is 0 Å². The maximum absolute atomic E-state index is 11.6. The van der Waals surface area contributed by atoms with E-state index in [2.05, 4.69) is 56.4 Å². The smallest absolute Gasteiger partial charge is 0.303 e. The molecule has 0 N–H and O–H groups in total. The number of esters is 1. The van der Waals surface area contributed by atoms with Crippen LogP contribution in [0.2, 0.25) is 18.1 Å². The van der Waals surface area contributed by atoms with Gasteiger partial charge < -0.3 is 13.9 Å². The summed E-state index contributed by atoms with van der Waals surface area (Å²) in [6.45, 7) is 17.6. The molecular weight excluding hydrogens is 424 g/mol. The summed E-state index contributed by atoms with van der Waals surface area (Å²) in [6, 6.07) is 7.94. The first-order valence-corrected chi connectivity index (χ1v) is 12.9. The maximum atomic E-state index is 11.6. The van der Waals surface area contributed by atoms with Crippen LogP contribution in [0.1, 0.15) is 33.3 Å². The van der Waals surface area contributed by atoms with E-state index in [0.717, 1.165) is 10.0 Å².